The number of amides is 1. The summed E-state index contributed by atoms with van der Waals surface area (Å²) in [7, 11) is 3.74. The Kier molecular flexibility index (Phi) is 8.99. The number of unbranched alkanes of at least 4 members (excludes halogenated alkanes) is 1. The summed E-state index contributed by atoms with van der Waals surface area (Å²) in [6.45, 7) is 2.01. The first-order valence-corrected chi connectivity index (χ1v) is 9.07. The molecule has 0 saturated carbocycles. The lowest BCUT2D eigenvalue weighted by Gasteiger charge is -2.24. The lowest BCUT2D eigenvalue weighted by Crippen LogP contribution is -2.39. The largest absolute Gasteiger partial charge is 0.388 e. The highest BCUT2D eigenvalue weighted by Gasteiger charge is 2.26. The molecule has 1 aromatic carbocycles. The van der Waals surface area contributed by atoms with E-state index in [1.54, 1.807) is 0 Å². The number of hydrogen-bond acceptors (Lipinski definition) is 4. The highest BCUT2D eigenvalue weighted by atomic mass is 16.1. The summed E-state index contributed by atoms with van der Waals surface area (Å²) in [5.41, 5.74) is 13.1. The number of carbonyl (C=O) groups is 2. The summed E-state index contributed by atoms with van der Waals surface area (Å²) in [6, 6.07) is 7.68. The molecule has 0 aliphatic carbocycles. The van der Waals surface area contributed by atoms with Gasteiger partial charge in [-0.25, -0.2) is 0 Å². The fourth-order valence-corrected chi connectivity index (χ4v) is 3.02. The first kappa shape index (κ1) is 21.8. The van der Waals surface area contributed by atoms with Crippen molar-refractivity contribution in [1.29, 1.82) is 5.41 Å². The third kappa shape index (κ3) is 7.78. The first-order valence-electron chi connectivity index (χ1n) is 9.07. The van der Waals surface area contributed by atoms with Crippen molar-refractivity contribution in [2.24, 2.45) is 17.4 Å². The lowest BCUT2D eigenvalue weighted by atomic mass is 9.89. The second-order valence-electron chi connectivity index (χ2n) is 7.21. The van der Waals surface area contributed by atoms with Gasteiger partial charge in [-0.3, -0.25) is 19.9 Å². The lowest BCUT2D eigenvalue weighted by molar-refractivity contribution is -0.129. The molecule has 144 valence electrons. The standard InChI is InChI=1S/C20H32N4O2/c1-14-8-10-15(11-9-14)12-16(20(23)26)13-18(25)17(24(2)3)6-4-5-7-19(21)22/h8-11,16-17H,4-7,12-13H2,1-3H3,(H3,21,22)(H2,23,26)/t16-,17+/m1/s1. The summed E-state index contributed by atoms with van der Waals surface area (Å²) < 4.78 is 0. The van der Waals surface area contributed by atoms with Gasteiger partial charge >= 0.3 is 0 Å². The van der Waals surface area contributed by atoms with Crippen LogP contribution in [0, 0.1) is 18.3 Å². The zero-order valence-corrected chi connectivity index (χ0v) is 16.1. The van der Waals surface area contributed by atoms with Crippen LogP contribution < -0.4 is 11.5 Å². The zero-order chi connectivity index (χ0) is 19.7. The molecule has 0 aromatic heterocycles. The maximum atomic E-state index is 12.8. The Morgan fingerprint density at radius 1 is 1.12 bits per heavy atom. The van der Waals surface area contributed by atoms with E-state index in [1.165, 1.54) is 0 Å². The number of amidine groups is 1. The van der Waals surface area contributed by atoms with Gasteiger partial charge in [0.1, 0.15) is 0 Å². The summed E-state index contributed by atoms with van der Waals surface area (Å²) in [4.78, 5) is 26.5. The fourth-order valence-electron chi connectivity index (χ4n) is 3.02. The predicted octanol–water partition coefficient (Wildman–Crippen LogP) is 2.02. The Morgan fingerprint density at radius 3 is 2.23 bits per heavy atom. The van der Waals surface area contributed by atoms with E-state index in [0.29, 0.717) is 19.3 Å². The van der Waals surface area contributed by atoms with E-state index in [1.807, 2.05) is 50.2 Å². The number of likely N-dealkylation sites (N-methyl/N-ethyl adjacent to an activating group) is 1. The SMILES string of the molecule is Cc1ccc(C[C@H](CC(=O)[C@H](CCCCC(=N)N)N(C)C)C(N)=O)cc1. The Morgan fingerprint density at radius 2 is 1.73 bits per heavy atom. The maximum Gasteiger partial charge on any atom is 0.221 e. The second-order valence-corrected chi connectivity index (χ2v) is 7.21. The first-order chi connectivity index (χ1) is 12.2. The average molecular weight is 361 g/mol. The van der Waals surface area contributed by atoms with Crippen LogP contribution in [0.15, 0.2) is 24.3 Å². The van der Waals surface area contributed by atoms with Crippen LogP contribution >= 0.6 is 0 Å². The number of carbonyl (C=O) groups excluding carboxylic acids is 2. The van der Waals surface area contributed by atoms with Gasteiger partial charge in [0, 0.05) is 18.8 Å². The summed E-state index contributed by atoms with van der Waals surface area (Å²) >= 11 is 0. The quantitative estimate of drug-likeness (QED) is 0.301. The van der Waals surface area contributed by atoms with Crippen molar-refractivity contribution < 1.29 is 9.59 Å². The van der Waals surface area contributed by atoms with E-state index >= 15 is 0 Å². The van der Waals surface area contributed by atoms with Crippen LogP contribution in [0.2, 0.25) is 0 Å². The van der Waals surface area contributed by atoms with Crippen molar-refractivity contribution in [3.05, 3.63) is 35.4 Å². The zero-order valence-electron chi connectivity index (χ0n) is 16.1. The van der Waals surface area contributed by atoms with E-state index in [2.05, 4.69) is 0 Å². The van der Waals surface area contributed by atoms with Gasteiger partial charge in [-0.15, -0.1) is 0 Å². The minimum Gasteiger partial charge on any atom is -0.388 e. The number of nitrogens with zero attached hydrogens (tertiary/aromatic N) is 1. The second kappa shape index (κ2) is 10.7. The molecular weight excluding hydrogens is 328 g/mol. The molecule has 6 nitrogen and oxygen atoms in total. The van der Waals surface area contributed by atoms with E-state index in [-0.39, 0.29) is 24.1 Å². The molecule has 1 rings (SSSR count). The molecular formula is C20H32N4O2. The van der Waals surface area contributed by atoms with Crippen LogP contribution in [0.25, 0.3) is 0 Å². The number of ketones is 1. The number of primary amides is 1. The molecule has 1 aromatic rings. The number of nitrogens with two attached hydrogens (primary N) is 2. The van der Waals surface area contributed by atoms with Crippen LogP contribution in [0.1, 0.15) is 43.2 Å². The monoisotopic (exact) mass is 360 g/mol. The van der Waals surface area contributed by atoms with E-state index in [0.717, 1.165) is 24.0 Å². The Hall–Kier alpha value is -2.21. The molecule has 0 radical (unpaired) electrons. The number of benzene rings is 1. The smallest absolute Gasteiger partial charge is 0.221 e. The Balaban J connectivity index is 2.68. The molecule has 6 heteroatoms. The predicted molar refractivity (Wildman–Crippen MR) is 105 cm³/mol. The third-order valence-electron chi connectivity index (χ3n) is 4.62. The molecule has 1 amide bonds. The van der Waals surface area contributed by atoms with Crippen molar-refractivity contribution >= 4 is 17.5 Å². The number of hydrogen-bond donors (Lipinski definition) is 3. The summed E-state index contributed by atoms with van der Waals surface area (Å²) in [5.74, 6) is -0.726. The van der Waals surface area contributed by atoms with Crippen LogP contribution in [-0.4, -0.2) is 42.6 Å². The Labute approximate surface area is 156 Å². The van der Waals surface area contributed by atoms with Crippen LogP contribution in [0.3, 0.4) is 0 Å². The Bertz CT molecular complexity index is 611. The summed E-state index contributed by atoms with van der Waals surface area (Å²) in [6.07, 6.45) is 3.47. The van der Waals surface area contributed by atoms with Gasteiger partial charge in [-0.1, -0.05) is 36.2 Å². The van der Waals surface area contributed by atoms with Crippen molar-refractivity contribution in [2.45, 2.75) is 51.5 Å². The number of rotatable bonds is 12. The van der Waals surface area contributed by atoms with Crippen LogP contribution in [0.5, 0.6) is 0 Å². The average Bonchev–Trinajstić information content (AvgIpc) is 2.55. The molecule has 0 spiro atoms. The third-order valence-corrected chi connectivity index (χ3v) is 4.62. The molecule has 0 bridgehead atoms. The molecule has 0 fully saturated rings. The van der Waals surface area contributed by atoms with Gasteiger partial charge in [0.05, 0.1) is 11.9 Å². The van der Waals surface area contributed by atoms with E-state index < -0.39 is 11.8 Å². The summed E-state index contributed by atoms with van der Waals surface area (Å²) in [5, 5.41) is 7.26. The molecule has 2 atom stereocenters. The molecule has 5 N–H and O–H groups in total. The van der Waals surface area contributed by atoms with Gasteiger partial charge in [0.15, 0.2) is 5.78 Å². The number of nitrogens with one attached hydrogen (secondary N) is 1. The van der Waals surface area contributed by atoms with Crippen molar-refractivity contribution in [2.75, 3.05) is 14.1 Å². The van der Waals surface area contributed by atoms with Gasteiger partial charge < -0.3 is 11.5 Å². The molecule has 0 aliphatic rings. The van der Waals surface area contributed by atoms with Gasteiger partial charge in [0.2, 0.25) is 5.91 Å². The minimum absolute atomic E-state index is 0.0359. The van der Waals surface area contributed by atoms with E-state index in [9.17, 15) is 9.59 Å². The van der Waals surface area contributed by atoms with Crippen molar-refractivity contribution in [3.8, 4) is 0 Å². The van der Waals surface area contributed by atoms with Gasteiger partial charge in [0.25, 0.3) is 0 Å². The highest BCUT2D eigenvalue weighted by Crippen LogP contribution is 2.18. The van der Waals surface area contributed by atoms with Crippen LogP contribution in [-0.2, 0) is 16.0 Å². The molecule has 0 saturated heterocycles. The highest BCUT2D eigenvalue weighted by molar-refractivity contribution is 5.89. The minimum atomic E-state index is -0.495. The van der Waals surface area contributed by atoms with Gasteiger partial charge in [-0.2, -0.15) is 0 Å². The van der Waals surface area contributed by atoms with Crippen molar-refractivity contribution in [3.63, 3.8) is 0 Å². The molecule has 26 heavy (non-hydrogen) atoms. The fraction of sp³-hybridized carbons (Fsp3) is 0.550. The normalized spacial score (nSPS) is 13.4. The van der Waals surface area contributed by atoms with Crippen LogP contribution in [0.4, 0.5) is 0 Å². The van der Waals surface area contributed by atoms with Gasteiger partial charge in [-0.05, 0) is 45.8 Å². The number of aryl methyl sites for hydroxylation is 1. The van der Waals surface area contributed by atoms with Crippen molar-refractivity contribution in [1.82, 2.24) is 4.90 Å². The maximum absolute atomic E-state index is 12.8. The van der Waals surface area contributed by atoms with E-state index in [4.69, 9.17) is 16.9 Å². The number of Topliss-reactive ketones (excluding diaryl/α,β-unsaturated/α-hetero) is 1. The topological polar surface area (TPSA) is 113 Å². The molecule has 0 heterocycles. The molecule has 0 unspecified atom stereocenters. The molecule has 0 aliphatic heterocycles.